The predicted molar refractivity (Wildman–Crippen MR) is 57.0 cm³/mol. The van der Waals surface area contributed by atoms with Crippen LogP contribution >= 0.6 is 11.6 Å². The molecule has 0 rings (SSSR count). The van der Waals surface area contributed by atoms with E-state index in [1.807, 2.05) is 0 Å². The molecule has 0 radical (unpaired) electrons. The monoisotopic (exact) mass is 258 g/mol. The predicted octanol–water partition coefficient (Wildman–Crippen LogP) is 0.584. The smallest absolute Gasteiger partial charge is 0.422 e. The highest BCUT2D eigenvalue weighted by molar-refractivity contribution is 7.88. The molecule has 0 aliphatic carbocycles. The molecule has 2 N–H and O–H groups in total. The summed E-state index contributed by atoms with van der Waals surface area (Å²) < 4.78 is 30.7. The summed E-state index contributed by atoms with van der Waals surface area (Å²) in [6, 6.07) is 0. The van der Waals surface area contributed by atoms with Gasteiger partial charge < -0.3 is 4.74 Å². The molecule has 0 saturated carbocycles. The number of halogens is 1. The molecular formula is C7H15ClN2O4S. The van der Waals surface area contributed by atoms with E-state index in [0.29, 0.717) is 0 Å². The maximum absolute atomic E-state index is 11.1. The highest BCUT2D eigenvalue weighted by Gasteiger charge is 2.20. The Morgan fingerprint density at radius 3 is 2.33 bits per heavy atom. The zero-order valence-corrected chi connectivity index (χ0v) is 10.4. The van der Waals surface area contributed by atoms with Crippen LogP contribution in [-0.4, -0.2) is 32.5 Å². The van der Waals surface area contributed by atoms with Crippen molar-refractivity contribution in [2.45, 2.75) is 26.4 Å². The molecule has 1 amide bonds. The van der Waals surface area contributed by atoms with Gasteiger partial charge in [0.1, 0.15) is 5.60 Å². The van der Waals surface area contributed by atoms with Crippen molar-refractivity contribution in [3.05, 3.63) is 0 Å². The second-order valence-corrected chi connectivity index (χ2v) is 5.57. The Morgan fingerprint density at radius 2 is 1.93 bits per heavy atom. The number of nitrogens with one attached hydrogen (secondary N) is 2. The summed E-state index contributed by atoms with van der Waals surface area (Å²) in [7, 11) is -3.87. The van der Waals surface area contributed by atoms with Gasteiger partial charge in [-0.2, -0.15) is 13.1 Å². The van der Waals surface area contributed by atoms with Crippen LogP contribution in [0.5, 0.6) is 0 Å². The third-order valence-corrected chi connectivity index (χ3v) is 2.21. The van der Waals surface area contributed by atoms with Gasteiger partial charge in [0.25, 0.3) is 0 Å². The van der Waals surface area contributed by atoms with Gasteiger partial charge in [-0.05, 0) is 20.8 Å². The van der Waals surface area contributed by atoms with Crippen molar-refractivity contribution >= 4 is 27.9 Å². The molecule has 0 aromatic heterocycles. The summed E-state index contributed by atoms with van der Waals surface area (Å²) in [5.74, 6) is 0.120. The Balaban J connectivity index is 4.17. The van der Waals surface area contributed by atoms with Crippen LogP contribution in [0.3, 0.4) is 0 Å². The van der Waals surface area contributed by atoms with Crippen molar-refractivity contribution in [3.63, 3.8) is 0 Å². The molecule has 0 aromatic rings. The van der Waals surface area contributed by atoms with E-state index < -0.39 is 21.9 Å². The molecule has 0 spiro atoms. The van der Waals surface area contributed by atoms with Crippen LogP contribution in [0, 0.1) is 0 Å². The van der Waals surface area contributed by atoms with Gasteiger partial charge in [0.2, 0.25) is 0 Å². The first-order chi connectivity index (χ1) is 6.66. The standard InChI is InChI=1S/C7H15ClN2O4S/c1-7(2,3)14-6(11)10-15(12,13)9-5-4-8/h9H,4-5H2,1-3H3,(H,10,11). The van der Waals surface area contributed by atoms with Gasteiger partial charge in [-0.25, -0.2) is 9.52 Å². The number of ether oxygens (including phenoxy) is 1. The van der Waals surface area contributed by atoms with Gasteiger partial charge in [0.15, 0.2) is 0 Å². The molecule has 0 atom stereocenters. The quantitative estimate of drug-likeness (QED) is 0.723. The molecule has 0 bridgehead atoms. The van der Waals surface area contributed by atoms with E-state index in [1.165, 1.54) is 0 Å². The molecule has 90 valence electrons. The average Bonchev–Trinajstić information content (AvgIpc) is 1.95. The van der Waals surface area contributed by atoms with Crippen molar-refractivity contribution in [3.8, 4) is 0 Å². The van der Waals surface area contributed by atoms with Crippen LogP contribution in [-0.2, 0) is 14.9 Å². The lowest BCUT2D eigenvalue weighted by atomic mass is 10.2. The van der Waals surface area contributed by atoms with Crippen molar-refractivity contribution in [1.29, 1.82) is 0 Å². The Labute approximate surface area is 94.5 Å². The van der Waals surface area contributed by atoms with E-state index >= 15 is 0 Å². The zero-order valence-electron chi connectivity index (χ0n) is 8.83. The molecule has 8 heteroatoms. The van der Waals surface area contributed by atoms with E-state index in [-0.39, 0.29) is 12.4 Å². The van der Waals surface area contributed by atoms with Crippen molar-refractivity contribution in [1.82, 2.24) is 9.44 Å². The fraction of sp³-hybridized carbons (Fsp3) is 0.857. The van der Waals surface area contributed by atoms with E-state index in [1.54, 1.807) is 25.5 Å². The first-order valence-corrected chi connectivity index (χ1v) is 6.24. The highest BCUT2D eigenvalue weighted by atomic mass is 35.5. The van der Waals surface area contributed by atoms with Gasteiger partial charge in [0, 0.05) is 12.4 Å². The molecule has 0 aromatic carbocycles. The first kappa shape index (κ1) is 14.5. The number of rotatable bonds is 4. The summed E-state index contributed by atoms with van der Waals surface area (Å²) in [4.78, 5) is 11.1. The lowest BCUT2D eigenvalue weighted by Crippen LogP contribution is -2.43. The third-order valence-electron chi connectivity index (χ3n) is 1.00. The second-order valence-electron chi connectivity index (χ2n) is 3.69. The highest BCUT2D eigenvalue weighted by Crippen LogP contribution is 2.06. The van der Waals surface area contributed by atoms with Crippen molar-refractivity contribution in [2.24, 2.45) is 0 Å². The molecule has 15 heavy (non-hydrogen) atoms. The lowest BCUT2D eigenvalue weighted by Gasteiger charge is -2.19. The topological polar surface area (TPSA) is 84.5 Å². The molecule has 0 unspecified atom stereocenters. The summed E-state index contributed by atoms with van der Waals surface area (Å²) in [5.41, 5.74) is -0.744. The van der Waals surface area contributed by atoms with Crippen LogP contribution in [0.25, 0.3) is 0 Å². The largest absolute Gasteiger partial charge is 0.443 e. The van der Waals surface area contributed by atoms with E-state index in [9.17, 15) is 13.2 Å². The number of carbonyl (C=O) groups is 1. The van der Waals surface area contributed by atoms with Crippen LogP contribution in [0.4, 0.5) is 4.79 Å². The number of hydrogen-bond donors (Lipinski definition) is 2. The normalized spacial score (nSPS) is 12.3. The van der Waals surface area contributed by atoms with Crippen LogP contribution in [0.1, 0.15) is 20.8 Å². The second kappa shape index (κ2) is 5.53. The van der Waals surface area contributed by atoms with Gasteiger partial charge in [-0.1, -0.05) is 0 Å². The van der Waals surface area contributed by atoms with Gasteiger partial charge in [-0.15, -0.1) is 11.6 Å². The van der Waals surface area contributed by atoms with E-state index in [0.717, 1.165) is 0 Å². The molecule has 0 fully saturated rings. The fourth-order valence-electron chi connectivity index (χ4n) is 0.618. The Kier molecular flexibility index (Phi) is 5.33. The first-order valence-electron chi connectivity index (χ1n) is 4.22. The van der Waals surface area contributed by atoms with Crippen LogP contribution < -0.4 is 9.44 Å². The molecule has 0 heterocycles. The van der Waals surface area contributed by atoms with Gasteiger partial charge >= 0.3 is 16.3 Å². The molecule has 6 nitrogen and oxygen atoms in total. The fourth-order valence-corrected chi connectivity index (χ4v) is 1.53. The lowest BCUT2D eigenvalue weighted by molar-refractivity contribution is 0.0569. The maximum Gasteiger partial charge on any atom is 0.422 e. The van der Waals surface area contributed by atoms with Crippen molar-refractivity contribution in [2.75, 3.05) is 12.4 Å². The van der Waals surface area contributed by atoms with E-state index in [4.69, 9.17) is 16.3 Å². The van der Waals surface area contributed by atoms with Crippen LogP contribution in [0.2, 0.25) is 0 Å². The van der Waals surface area contributed by atoms with Crippen LogP contribution in [0.15, 0.2) is 0 Å². The summed E-state index contributed by atoms with van der Waals surface area (Å²) in [6.45, 7) is 4.93. The molecular weight excluding hydrogens is 244 g/mol. The Morgan fingerprint density at radius 1 is 1.40 bits per heavy atom. The third kappa shape index (κ3) is 8.46. The molecule has 0 aliphatic heterocycles. The minimum atomic E-state index is -3.87. The Bertz CT molecular complexity index is 309. The number of amides is 1. The van der Waals surface area contributed by atoms with E-state index in [2.05, 4.69) is 4.72 Å². The summed E-state index contributed by atoms with van der Waals surface area (Å²) in [6.07, 6.45) is -1.02. The zero-order chi connectivity index (χ0) is 12.1. The molecule has 0 saturated heterocycles. The minimum absolute atomic E-state index is 0.0414. The minimum Gasteiger partial charge on any atom is -0.443 e. The number of carbonyl (C=O) groups excluding carboxylic acids is 1. The maximum atomic E-state index is 11.1. The SMILES string of the molecule is CC(C)(C)OC(=O)NS(=O)(=O)NCCCl. The average molecular weight is 259 g/mol. The number of hydrogen-bond acceptors (Lipinski definition) is 4. The summed E-state index contributed by atoms with van der Waals surface area (Å²) >= 11 is 5.28. The summed E-state index contributed by atoms with van der Waals surface area (Å²) in [5, 5.41) is 0. The van der Waals surface area contributed by atoms with Gasteiger partial charge in [0.05, 0.1) is 0 Å². The van der Waals surface area contributed by atoms with Gasteiger partial charge in [-0.3, -0.25) is 0 Å². The van der Waals surface area contributed by atoms with Crippen molar-refractivity contribution < 1.29 is 17.9 Å². The number of alkyl halides is 1. The Hall–Kier alpha value is -0.530. The molecule has 0 aliphatic rings.